The molecule has 15 atom stereocenters. The normalized spacial score (nSPS) is 36.8. The van der Waals surface area contributed by atoms with E-state index in [1.54, 1.807) is 34.0 Å². The van der Waals surface area contributed by atoms with E-state index in [-0.39, 0.29) is 61.2 Å². The number of Topliss-reactive ketones (excluding diaryl/α,β-unsaturated/α-hetero) is 3. The van der Waals surface area contributed by atoms with Crippen LogP contribution in [-0.4, -0.2) is 149 Å². The molecule has 3 aliphatic heterocycles. The predicted molar refractivity (Wildman–Crippen MR) is 292 cm³/mol. The molecule has 4 aliphatic rings. The lowest BCUT2D eigenvalue weighted by atomic mass is 9.78. The third-order valence-electron chi connectivity index (χ3n) is 16.6. The van der Waals surface area contributed by atoms with Crippen LogP contribution >= 0.6 is 0 Å². The van der Waals surface area contributed by atoms with Gasteiger partial charge in [0.25, 0.3) is 11.7 Å². The molecule has 1 saturated carbocycles. The summed E-state index contributed by atoms with van der Waals surface area (Å²) in [6, 6.07) is -1.17. The van der Waals surface area contributed by atoms with Crippen molar-refractivity contribution in [2.45, 2.75) is 232 Å². The van der Waals surface area contributed by atoms with E-state index in [9.17, 15) is 39.3 Å². The van der Waals surface area contributed by atoms with Crippen LogP contribution in [0.15, 0.2) is 47.6 Å². The van der Waals surface area contributed by atoms with Gasteiger partial charge in [-0.3, -0.25) is 19.2 Å². The van der Waals surface area contributed by atoms with Crippen LogP contribution in [0.4, 0.5) is 0 Å². The first-order chi connectivity index (χ1) is 35.7. The Hall–Kier alpha value is -3.45. The van der Waals surface area contributed by atoms with Crippen LogP contribution in [-0.2, 0) is 52.4 Å². The zero-order chi connectivity index (χ0) is 56.7. The Morgan fingerprint density at radius 3 is 2.24 bits per heavy atom. The lowest BCUT2D eigenvalue weighted by Gasteiger charge is -2.43. The highest BCUT2D eigenvalue weighted by Crippen LogP contribution is 2.39. The number of carbonyl (C=O) groups excluding carboxylic acids is 5. The van der Waals surface area contributed by atoms with E-state index in [0.717, 1.165) is 5.57 Å². The zero-order valence-corrected chi connectivity index (χ0v) is 48.4. The summed E-state index contributed by atoms with van der Waals surface area (Å²) in [6.07, 6.45) is 12.0. The molecule has 1 aliphatic carbocycles. The molecule has 1 amide bonds. The zero-order valence-electron chi connectivity index (χ0n) is 48.4. The number of carbonyl (C=O) groups is 5. The number of amides is 1. The highest BCUT2D eigenvalue weighted by Gasteiger charge is 2.53. The second-order valence-electron chi connectivity index (χ2n) is 24.1. The quantitative estimate of drug-likeness (QED) is 0.0781. The number of nitrogens with two attached hydrogens (primary N) is 1. The molecule has 76 heavy (non-hydrogen) atoms. The summed E-state index contributed by atoms with van der Waals surface area (Å²) in [4.78, 5) is 73.0. The van der Waals surface area contributed by atoms with E-state index in [1.165, 1.54) is 12.0 Å². The Kier molecular flexibility index (Phi) is 25.4. The van der Waals surface area contributed by atoms with Crippen LogP contribution in [0.25, 0.3) is 0 Å². The Labute approximate surface area is 454 Å². The summed E-state index contributed by atoms with van der Waals surface area (Å²) in [7, 11) is 2.95. The van der Waals surface area contributed by atoms with Crippen molar-refractivity contribution in [3.63, 3.8) is 0 Å². The number of ketones is 3. The summed E-state index contributed by atoms with van der Waals surface area (Å²) in [5, 5.41) is 34.4. The first-order valence-electron chi connectivity index (χ1n) is 28.3. The molecule has 3 fully saturated rings. The summed E-state index contributed by atoms with van der Waals surface area (Å²) >= 11 is 0. The molecule has 0 aromatic heterocycles. The van der Waals surface area contributed by atoms with Crippen molar-refractivity contribution >= 4 is 29.2 Å². The molecule has 0 radical (unpaired) electrons. The van der Waals surface area contributed by atoms with Gasteiger partial charge < -0.3 is 54.4 Å². The molecule has 1 unspecified atom stereocenters. The van der Waals surface area contributed by atoms with Gasteiger partial charge >= 0.3 is 5.97 Å². The molecule has 5 N–H and O–H groups in total. The van der Waals surface area contributed by atoms with E-state index >= 15 is 0 Å². The fraction of sp³-hybridized carbons (Fsp3) is 0.783. The van der Waals surface area contributed by atoms with E-state index in [1.807, 2.05) is 85.8 Å². The molecule has 2 saturated heterocycles. The Morgan fingerprint density at radius 2 is 1.57 bits per heavy atom. The molecule has 432 valence electrons. The monoisotopic (exact) mass is 1070 g/mol. The maximum Gasteiger partial charge on any atom is 0.329 e. The molecule has 0 aromatic rings. The number of piperidine rings is 1. The van der Waals surface area contributed by atoms with Crippen LogP contribution in [0.5, 0.6) is 0 Å². The lowest BCUT2D eigenvalue weighted by molar-refractivity contribution is -0.267. The molecule has 4 rings (SSSR count). The Balaban J connectivity index is 1.74. The number of allylic oxidation sites excluding steroid dienone is 6. The third-order valence-corrected chi connectivity index (χ3v) is 16.6. The Bertz CT molecular complexity index is 2050. The topological polar surface area (TPSA) is 231 Å². The second kappa shape index (κ2) is 29.7. The minimum atomic E-state index is -2.49. The smallest absolute Gasteiger partial charge is 0.329 e. The molecular weight excluding hydrogens is 973 g/mol. The van der Waals surface area contributed by atoms with Crippen molar-refractivity contribution in [1.82, 2.24) is 4.90 Å². The second-order valence-corrected chi connectivity index (χ2v) is 24.1. The van der Waals surface area contributed by atoms with Crippen molar-refractivity contribution in [2.75, 3.05) is 33.9 Å². The number of cyclic esters (lactones) is 1. The minimum absolute atomic E-state index is 0.0157. The number of rotatable bonds is 13. The van der Waals surface area contributed by atoms with E-state index in [0.29, 0.717) is 89.4 Å². The Morgan fingerprint density at radius 1 is 0.855 bits per heavy atom. The van der Waals surface area contributed by atoms with Crippen LogP contribution in [0.2, 0.25) is 0 Å². The van der Waals surface area contributed by atoms with Gasteiger partial charge in [-0.2, -0.15) is 0 Å². The third kappa shape index (κ3) is 18.6. The lowest BCUT2D eigenvalue weighted by Crippen LogP contribution is -2.61. The maximum atomic E-state index is 14.6. The van der Waals surface area contributed by atoms with Gasteiger partial charge in [-0.05, 0) is 154 Å². The van der Waals surface area contributed by atoms with Crippen LogP contribution in [0.3, 0.4) is 0 Å². The van der Waals surface area contributed by atoms with Crippen LogP contribution in [0, 0.1) is 35.5 Å². The van der Waals surface area contributed by atoms with Gasteiger partial charge in [0, 0.05) is 51.4 Å². The van der Waals surface area contributed by atoms with Crippen LogP contribution < -0.4 is 5.73 Å². The predicted octanol–water partition coefficient (Wildman–Crippen LogP) is 7.86. The van der Waals surface area contributed by atoms with E-state index in [4.69, 9.17) is 34.2 Å². The van der Waals surface area contributed by atoms with Gasteiger partial charge in [-0.25, -0.2) is 4.79 Å². The maximum absolute atomic E-state index is 14.6. The number of aliphatic hydroxyl groups excluding tert-OH is 2. The van der Waals surface area contributed by atoms with Gasteiger partial charge in [0.1, 0.15) is 30.1 Å². The fourth-order valence-corrected chi connectivity index (χ4v) is 11.4. The standard InChI is InChI=1S/C60H98N2O14/c1-37-19-15-14-16-20-38(2)50(76-59(10,11)27-30-73-58(8,9)26-28-61)35-45-24-22-43(7)60(70,75-45)55(67)56(68)62-29-18-17-21-46(62)57(69)74-49(40(4)33-44-23-25-47(63)51(34-44)71-12)36-48(64)39(3)32-42(6)53(66)54(72-13)52(65)41(5)31-37/h14-16,19-20,32,37,39-41,43-47,49-51,53-54,63,66,70H,17-18,21-31,33-36,61H2,1-13H3/b16-14+,19-15+,38-20+,42-32+/t37-,39-,40-,41-,43-,44+,45+,46+,47-,49+,50?,51-,53-,54+,60-/m1/s1. The minimum Gasteiger partial charge on any atom is -0.460 e. The molecule has 2 bridgehead atoms. The van der Waals surface area contributed by atoms with Gasteiger partial charge in [0.2, 0.25) is 5.79 Å². The molecule has 0 spiro atoms. The SMILES string of the molecule is CO[C@@H]1C[C@H](C[C@@H](C)[C@@H]2CC(=O)[C@H](C)/C=C(\C)[C@@H](O)[C@@H](OC)C(=O)[C@H](C)C[C@H](C)/C=C/C=C/C=C(\C)C(OC(C)(C)CCOC(C)(C)CCN)C[C@@H]3CC[C@@H](C)[C@@](O)(O3)C(=O)C(=O)N3CCCC[C@H]3C(=O)O2)CC[C@H]1O. The molecule has 0 aromatic carbocycles. The number of fused-ring (bicyclic) bond motifs is 3. The summed E-state index contributed by atoms with van der Waals surface area (Å²) in [5.74, 6) is -8.25. The molecule has 16 heteroatoms. The average molecular weight is 1070 g/mol. The average Bonchev–Trinajstić information content (AvgIpc) is 3.36. The van der Waals surface area contributed by atoms with Crippen LogP contribution in [0.1, 0.15) is 166 Å². The van der Waals surface area contributed by atoms with Crippen molar-refractivity contribution in [3.8, 4) is 0 Å². The summed E-state index contributed by atoms with van der Waals surface area (Å²) in [5.41, 5.74) is 5.98. The van der Waals surface area contributed by atoms with Gasteiger partial charge in [-0.15, -0.1) is 0 Å². The number of nitrogens with zero attached hydrogens (tertiary/aromatic N) is 1. The number of hydrogen-bond donors (Lipinski definition) is 4. The first-order valence-corrected chi connectivity index (χ1v) is 28.3. The van der Waals surface area contributed by atoms with E-state index in [2.05, 4.69) is 0 Å². The summed E-state index contributed by atoms with van der Waals surface area (Å²) in [6.45, 7) is 21.7. The van der Waals surface area contributed by atoms with Crippen molar-refractivity contribution in [2.24, 2.45) is 41.2 Å². The number of ether oxygens (including phenoxy) is 6. The highest BCUT2D eigenvalue weighted by atomic mass is 16.6. The fourth-order valence-electron chi connectivity index (χ4n) is 11.4. The van der Waals surface area contributed by atoms with Crippen molar-refractivity contribution in [3.05, 3.63) is 47.6 Å². The number of esters is 1. The van der Waals surface area contributed by atoms with Gasteiger partial charge in [0.15, 0.2) is 5.78 Å². The van der Waals surface area contributed by atoms with E-state index < -0.39 is 95.1 Å². The number of methoxy groups -OCH3 is 2. The first kappa shape index (κ1) is 65.1. The number of hydrogen-bond acceptors (Lipinski definition) is 15. The highest BCUT2D eigenvalue weighted by molar-refractivity contribution is 6.39. The molecule has 16 nitrogen and oxygen atoms in total. The molecule has 3 heterocycles. The van der Waals surface area contributed by atoms with Gasteiger partial charge in [-0.1, -0.05) is 71.1 Å². The van der Waals surface area contributed by atoms with Gasteiger partial charge in [0.05, 0.1) is 42.2 Å². The summed E-state index contributed by atoms with van der Waals surface area (Å²) < 4.78 is 37.0. The van der Waals surface area contributed by atoms with Crippen molar-refractivity contribution < 1.29 is 67.7 Å². The molecular formula is C60H98N2O14. The largest absolute Gasteiger partial charge is 0.460 e. The van der Waals surface area contributed by atoms with Crippen molar-refractivity contribution in [1.29, 1.82) is 0 Å². The number of aliphatic hydroxyl groups is 3.